The van der Waals surface area contributed by atoms with Crippen molar-refractivity contribution in [3.63, 3.8) is 0 Å². The third kappa shape index (κ3) is 2.01. The van der Waals surface area contributed by atoms with Crippen LogP contribution in [0.25, 0.3) is 0 Å². The Morgan fingerprint density at radius 2 is 1.80 bits per heavy atom. The Balaban J connectivity index is 2.30. The second kappa shape index (κ2) is 4.78. The average molecular weight is 266 g/mol. The number of fused-ring (bicyclic) bond motifs is 2. The molecule has 3 rings (SSSR count). The molecule has 0 unspecified atom stereocenters. The molecular weight excluding hydrogens is 248 g/mol. The molecular formula is C18H18O2. The van der Waals surface area contributed by atoms with Crippen LogP contribution in [0.15, 0.2) is 36.4 Å². The quantitative estimate of drug-likeness (QED) is 0.856. The van der Waals surface area contributed by atoms with Crippen LogP contribution in [0.5, 0.6) is 0 Å². The standard InChI is InChI=1S/C18H18O2/c1-11-9-12(2)16-14(10-11)8-7-13-5-3-4-6-15(13)17(16)18(19)20/h3-6,9-10,17H,7-8H2,1-2H3,(H,19,20)/t17-/m1/s1. The van der Waals surface area contributed by atoms with Crippen LogP contribution in [0.3, 0.4) is 0 Å². The summed E-state index contributed by atoms with van der Waals surface area (Å²) >= 11 is 0. The van der Waals surface area contributed by atoms with E-state index in [1.54, 1.807) is 0 Å². The van der Waals surface area contributed by atoms with Gasteiger partial charge in [0.2, 0.25) is 0 Å². The third-order valence-electron chi connectivity index (χ3n) is 4.18. The van der Waals surface area contributed by atoms with Gasteiger partial charge in [-0.1, -0.05) is 42.0 Å². The van der Waals surface area contributed by atoms with E-state index in [-0.39, 0.29) is 0 Å². The van der Waals surface area contributed by atoms with Crippen molar-refractivity contribution in [2.75, 3.05) is 0 Å². The summed E-state index contributed by atoms with van der Waals surface area (Å²) in [5, 5.41) is 9.75. The Morgan fingerprint density at radius 1 is 1.10 bits per heavy atom. The van der Waals surface area contributed by atoms with Gasteiger partial charge in [0.05, 0.1) is 0 Å². The van der Waals surface area contributed by atoms with E-state index in [1.807, 2.05) is 25.1 Å². The number of carboxylic acid groups (broad SMARTS) is 1. The minimum Gasteiger partial charge on any atom is -0.481 e. The van der Waals surface area contributed by atoms with Gasteiger partial charge in [-0.05, 0) is 54.5 Å². The van der Waals surface area contributed by atoms with Crippen LogP contribution in [0, 0.1) is 13.8 Å². The zero-order valence-corrected chi connectivity index (χ0v) is 11.8. The van der Waals surface area contributed by atoms with Gasteiger partial charge in [0.15, 0.2) is 0 Å². The molecule has 20 heavy (non-hydrogen) atoms. The van der Waals surface area contributed by atoms with Crippen molar-refractivity contribution in [1.82, 2.24) is 0 Å². The molecule has 0 aromatic heterocycles. The third-order valence-corrected chi connectivity index (χ3v) is 4.18. The molecule has 0 bridgehead atoms. The van der Waals surface area contributed by atoms with Gasteiger partial charge in [-0.15, -0.1) is 0 Å². The van der Waals surface area contributed by atoms with E-state index in [9.17, 15) is 9.90 Å². The average Bonchev–Trinajstić information content (AvgIpc) is 2.56. The summed E-state index contributed by atoms with van der Waals surface area (Å²) in [7, 11) is 0. The zero-order chi connectivity index (χ0) is 14.3. The van der Waals surface area contributed by atoms with Crippen LogP contribution < -0.4 is 0 Å². The molecule has 2 aromatic rings. The van der Waals surface area contributed by atoms with Crippen LogP contribution >= 0.6 is 0 Å². The molecule has 0 radical (unpaired) electrons. The predicted molar refractivity (Wildman–Crippen MR) is 79.2 cm³/mol. The minimum atomic E-state index is -0.757. The Bertz CT molecular complexity index is 686. The molecule has 0 fully saturated rings. The lowest BCUT2D eigenvalue weighted by Crippen LogP contribution is -2.16. The fraction of sp³-hybridized carbons (Fsp3) is 0.278. The number of benzene rings is 2. The number of aryl methyl sites for hydroxylation is 4. The largest absolute Gasteiger partial charge is 0.481 e. The molecule has 1 N–H and O–H groups in total. The first-order chi connectivity index (χ1) is 9.58. The number of hydrogen-bond acceptors (Lipinski definition) is 1. The van der Waals surface area contributed by atoms with Crippen LogP contribution in [0.2, 0.25) is 0 Å². The molecule has 0 saturated heterocycles. The van der Waals surface area contributed by atoms with Gasteiger partial charge in [-0.3, -0.25) is 4.79 Å². The number of carbonyl (C=O) groups is 1. The van der Waals surface area contributed by atoms with E-state index in [4.69, 9.17) is 0 Å². The van der Waals surface area contributed by atoms with Crippen LogP contribution in [-0.4, -0.2) is 11.1 Å². The zero-order valence-electron chi connectivity index (χ0n) is 11.8. The Hall–Kier alpha value is -2.09. The summed E-state index contributed by atoms with van der Waals surface area (Å²) in [4.78, 5) is 11.9. The van der Waals surface area contributed by atoms with Crippen molar-refractivity contribution in [3.05, 3.63) is 69.8 Å². The normalized spacial score (nSPS) is 17.0. The highest BCUT2D eigenvalue weighted by atomic mass is 16.4. The molecule has 1 atom stereocenters. The molecule has 0 amide bonds. The minimum absolute atomic E-state index is 0.538. The maximum Gasteiger partial charge on any atom is 0.315 e. The van der Waals surface area contributed by atoms with Gasteiger partial charge in [-0.2, -0.15) is 0 Å². The molecule has 1 aliphatic rings. The summed E-state index contributed by atoms with van der Waals surface area (Å²) in [5.41, 5.74) is 6.58. The van der Waals surface area contributed by atoms with E-state index >= 15 is 0 Å². The molecule has 102 valence electrons. The van der Waals surface area contributed by atoms with Crippen molar-refractivity contribution in [1.29, 1.82) is 0 Å². The molecule has 2 nitrogen and oxygen atoms in total. The summed E-state index contributed by atoms with van der Waals surface area (Å²) in [6, 6.07) is 12.2. The Labute approximate surface area is 119 Å². The first-order valence-corrected chi connectivity index (χ1v) is 6.98. The smallest absolute Gasteiger partial charge is 0.315 e. The van der Waals surface area contributed by atoms with Crippen LogP contribution in [0.1, 0.15) is 39.3 Å². The lowest BCUT2D eigenvalue weighted by molar-refractivity contribution is -0.137. The van der Waals surface area contributed by atoms with E-state index in [2.05, 4.69) is 25.1 Å². The van der Waals surface area contributed by atoms with E-state index in [1.165, 1.54) is 11.1 Å². The van der Waals surface area contributed by atoms with Crippen molar-refractivity contribution in [2.24, 2.45) is 0 Å². The molecule has 2 heteroatoms. The highest BCUT2D eigenvalue weighted by Crippen LogP contribution is 2.36. The summed E-state index contributed by atoms with van der Waals surface area (Å²) < 4.78 is 0. The highest BCUT2D eigenvalue weighted by molar-refractivity contribution is 5.82. The first kappa shape index (κ1) is 12.9. The van der Waals surface area contributed by atoms with E-state index < -0.39 is 11.9 Å². The maximum absolute atomic E-state index is 11.9. The SMILES string of the molecule is Cc1cc(C)c2c(c1)CCc1ccccc1[C@H]2C(=O)O. The summed E-state index contributed by atoms with van der Waals surface area (Å²) in [6.07, 6.45) is 1.83. The molecule has 0 heterocycles. The Morgan fingerprint density at radius 3 is 2.55 bits per heavy atom. The number of rotatable bonds is 1. The predicted octanol–water partition coefficient (Wildman–Crippen LogP) is 3.62. The molecule has 2 aromatic carbocycles. The van der Waals surface area contributed by atoms with Gasteiger partial charge in [0.25, 0.3) is 0 Å². The monoisotopic (exact) mass is 266 g/mol. The molecule has 0 spiro atoms. The van der Waals surface area contributed by atoms with Gasteiger partial charge in [0.1, 0.15) is 5.92 Å². The summed E-state index contributed by atoms with van der Waals surface area (Å²) in [6.45, 7) is 4.09. The summed E-state index contributed by atoms with van der Waals surface area (Å²) in [5.74, 6) is -1.29. The fourth-order valence-electron chi connectivity index (χ4n) is 3.41. The second-order valence-electron chi connectivity index (χ2n) is 5.62. The van der Waals surface area contributed by atoms with Gasteiger partial charge >= 0.3 is 5.97 Å². The maximum atomic E-state index is 11.9. The molecule has 0 aliphatic heterocycles. The van der Waals surface area contributed by atoms with Gasteiger partial charge < -0.3 is 5.11 Å². The van der Waals surface area contributed by atoms with Crippen LogP contribution in [-0.2, 0) is 17.6 Å². The topological polar surface area (TPSA) is 37.3 Å². The number of aliphatic carboxylic acids is 1. The highest BCUT2D eigenvalue weighted by Gasteiger charge is 2.30. The van der Waals surface area contributed by atoms with Gasteiger partial charge in [-0.25, -0.2) is 0 Å². The van der Waals surface area contributed by atoms with Crippen molar-refractivity contribution >= 4 is 5.97 Å². The van der Waals surface area contributed by atoms with E-state index in [0.717, 1.165) is 35.1 Å². The van der Waals surface area contributed by atoms with Crippen molar-refractivity contribution in [2.45, 2.75) is 32.6 Å². The van der Waals surface area contributed by atoms with E-state index in [0.29, 0.717) is 0 Å². The fourth-order valence-corrected chi connectivity index (χ4v) is 3.41. The number of carboxylic acids is 1. The lowest BCUT2D eigenvalue weighted by Gasteiger charge is -2.19. The second-order valence-corrected chi connectivity index (χ2v) is 5.62. The van der Waals surface area contributed by atoms with Crippen molar-refractivity contribution < 1.29 is 9.90 Å². The number of hydrogen-bond donors (Lipinski definition) is 1. The van der Waals surface area contributed by atoms with Crippen molar-refractivity contribution in [3.8, 4) is 0 Å². The molecule has 0 saturated carbocycles. The first-order valence-electron chi connectivity index (χ1n) is 6.98. The Kier molecular flexibility index (Phi) is 3.09. The van der Waals surface area contributed by atoms with Gasteiger partial charge in [0, 0.05) is 0 Å². The lowest BCUT2D eigenvalue weighted by atomic mass is 9.85. The molecule has 1 aliphatic carbocycles. The van der Waals surface area contributed by atoms with Crippen LogP contribution in [0.4, 0.5) is 0 Å².